The molecule has 74 valence electrons. The third-order valence-electron chi connectivity index (χ3n) is 3.03. The van der Waals surface area contributed by atoms with Gasteiger partial charge < -0.3 is 10.0 Å². The summed E-state index contributed by atoms with van der Waals surface area (Å²) >= 11 is 0. The zero-order chi connectivity index (χ0) is 9.85. The number of hydrogen-bond acceptors (Lipinski definition) is 2. The Morgan fingerprint density at radius 2 is 2.15 bits per heavy atom. The molecule has 0 bridgehead atoms. The van der Waals surface area contributed by atoms with Crippen LogP contribution in [0.5, 0.6) is 0 Å². The van der Waals surface area contributed by atoms with Gasteiger partial charge in [0.1, 0.15) is 0 Å². The van der Waals surface area contributed by atoms with Gasteiger partial charge in [-0.3, -0.25) is 4.79 Å². The van der Waals surface area contributed by atoms with Gasteiger partial charge in [-0.05, 0) is 6.42 Å². The highest BCUT2D eigenvalue weighted by atomic mass is 16.3. The number of fused-ring (bicyclic) bond motifs is 1. The Morgan fingerprint density at radius 1 is 1.54 bits per heavy atom. The maximum atomic E-state index is 11.8. The fourth-order valence-electron chi connectivity index (χ4n) is 2.09. The van der Waals surface area contributed by atoms with Crippen LogP contribution < -0.4 is 0 Å². The molecule has 2 atom stereocenters. The van der Waals surface area contributed by atoms with Crippen molar-refractivity contribution in [3.63, 3.8) is 0 Å². The van der Waals surface area contributed by atoms with E-state index in [0.717, 1.165) is 13.0 Å². The van der Waals surface area contributed by atoms with Gasteiger partial charge in [0, 0.05) is 24.4 Å². The SMILES string of the molecule is CC(C)(C)C(=O)N1CC2CC2(O)C1. The number of amides is 1. The molecule has 0 spiro atoms. The van der Waals surface area contributed by atoms with E-state index in [-0.39, 0.29) is 11.3 Å². The summed E-state index contributed by atoms with van der Waals surface area (Å²) < 4.78 is 0. The number of aliphatic hydroxyl groups is 1. The lowest BCUT2D eigenvalue weighted by atomic mass is 9.95. The van der Waals surface area contributed by atoms with E-state index < -0.39 is 5.60 Å². The standard InChI is InChI=1S/C10H17NO2/c1-9(2,3)8(12)11-5-7-4-10(7,13)6-11/h7,13H,4-6H2,1-3H3. The second-order valence-electron chi connectivity index (χ2n) is 5.44. The summed E-state index contributed by atoms with van der Waals surface area (Å²) in [6.07, 6.45) is 0.890. The second kappa shape index (κ2) is 2.27. The van der Waals surface area contributed by atoms with Crippen LogP contribution in [0.3, 0.4) is 0 Å². The molecule has 1 aliphatic carbocycles. The number of rotatable bonds is 0. The topological polar surface area (TPSA) is 40.5 Å². The maximum Gasteiger partial charge on any atom is 0.228 e. The van der Waals surface area contributed by atoms with Crippen LogP contribution in [0.25, 0.3) is 0 Å². The molecule has 1 saturated heterocycles. The Balaban J connectivity index is 2.02. The van der Waals surface area contributed by atoms with Crippen molar-refractivity contribution >= 4 is 5.91 Å². The Kier molecular flexibility index (Phi) is 1.57. The van der Waals surface area contributed by atoms with E-state index in [0.29, 0.717) is 12.5 Å². The van der Waals surface area contributed by atoms with Gasteiger partial charge in [0.2, 0.25) is 5.91 Å². The van der Waals surface area contributed by atoms with E-state index in [1.54, 1.807) is 4.90 Å². The molecule has 2 rings (SSSR count). The van der Waals surface area contributed by atoms with E-state index in [1.807, 2.05) is 20.8 Å². The molecule has 2 unspecified atom stereocenters. The molecule has 13 heavy (non-hydrogen) atoms. The lowest BCUT2D eigenvalue weighted by Crippen LogP contribution is -2.40. The lowest BCUT2D eigenvalue weighted by molar-refractivity contribution is -0.139. The number of carbonyl (C=O) groups is 1. The molecule has 2 aliphatic rings. The predicted molar refractivity (Wildman–Crippen MR) is 49.1 cm³/mol. The molecule has 0 aromatic heterocycles. The number of likely N-dealkylation sites (tertiary alicyclic amines) is 1. The highest BCUT2D eigenvalue weighted by Gasteiger charge is 2.60. The summed E-state index contributed by atoms with van der Waals surface area (Å²) in [6, 6.07) is 0. The van der Waals surface area contributed by atoms with Crippen molar-refractivity contribution in [1.29, 1.82) is 0 Å². The van der Waals surface area contributed by atoms with Gasteiger partial charge in [0.15, 0.2) is 0 Å². The molecule has 1 amide bonds. The minimum atomic E-state index is -0.513. The first kappa shape index (κ1) is 9.00. The smallest absolute Gasteiger partial charge is 0.228 e. The molecule has 0 radical (unpaired) electrons. The number of β-amino-alcohol motifs (C(OH)–C–C–N with tert-alkyl or cyclic N) is 1. The first-order chi connectivity index (χ1) is 5.83. The summed E-state index contributed by atoms with van der Waals surface area (Å²) in [5, 5.41) is 9.76. The third-order valence-corrected chi connectivity index (χ3v) is 3.03. The van der Waals surface area contributed by atoms with Crippen molar-refractivity contribution in [3.05, 3.63) is 0 Å². The highest BCUT2D eigenvalue weighted by Crippen LogP contribution is 2.49. The first-order valence-corrected chi connectivity index (χ1v) is 4.85. The Labute approximate surface area is 78.7 Å². The van der Waals surface area contributed by atoms with Crippen molar-refractivity contribution in [1.82, 2.24) is 4.90 Å². The van der Waals surface area contributed by atoms with Gasteiger partial charge in [0.05, 0.1) is 5.60 Å². The summed E-state index contributed by atoms with van der Waals surface area (Å²) in [5.41, 5.74) is -0.825. The van der Waals surface area contributed by atoms with Crippen molar-refractivity contribution in [2.45, 2.75) is 32.8 Å². The molecular formula is C10H17NO2. The van der Waals surface area contributed by atoms with E-state index in [4.69, 9.17) is 0 Å². The van der Waals surface area contributed by atoms with E-state index in [9.17, 15) is 9.90 Å². The molecule has 3 nitrogen and oxygen atoms in total. The highest BCUT2D eigenvalue weighted by molar-refractivity contribution is 5.82. The Hall–Kier alpha value is -0.570. The summed E-state index contributed by atoms with van der Waals surface area (Å²) in [6.45, 7) is 7.07. The third kappa shape index (κ3) is 1.35. The molecule has 0 aromatic carbocycles. The molecule has 1 saturated carbocycles. The molecule has 1 aliphatic heterocycles. The van der Waals surface area contributed by atoms with Gasteiger partial charge in [0.25, 0.3) is 0 Å². The minimum Gasteiger partial charge on any atom is -0.388 e. The van der Waals surface area contributed by atoms with Crippen molar-refractivity contribution in [2.75, 3.05) is 13.1 Å². The van der Waals surface area contributed by atoms with Crippen molar-refractivity contribution < 1.29 is 9.90 Å². The zero-order valence-corrected chi connectivity index (χ0v) is 8.50. The fourth-order valence-corrected chi connectivity index (χ4v) is 2.09. The van der Waals surface area contributed by atoms with Gasteiger partial charge in [-0.15, -0.1) is 0 Å². The van der Waals surface area contributed by atoms with Crippen LogP contribution in [0.15, 0.2) is 0 Å². The Morgan fingerprint density at radius 3 is 2.54 bits per heavy atom. The van der Waals surface area contributed by atoms with Gasteiger partial charge in [-0.2, -0.15) is 0 Å². The lowest BCUT2D eigenvalue weighted by Gasteiger charge is -2.27. The Bertz CT molecular complexity index is 256. The average molecular weight is 183 g/mol. The largest absolute Gasteiger partial charge is 0.388 e. The number of piperidine rings is 1. The molecular weight excluding hydrogens is 166 g/mol. The maximum absolute atomic E-state index is 11.8. The van der Waals surface area contributed by atoms with Crippen LogP contribution in [-0.4, -0.2) is 34.6 Å². The molecule has 0 aromatic rings. The van der Waals surface area contributed by atoms with Crippen molar-refractivity contribution in [3.8, 4) is 0 Å². The van der Waals surface area contributed by atoms with Crippen LogP contribution in [0.1, 0.15) is 27.2 Å². The zero-order valence-electron chi connectivity index (χ0n) is 8.50. The monoisotopic (exact) mass is 183 g/mol. The van der Waals surface area contributed by atoms with Crippen LogP contribution in [0.4, 0.5) is 0 Å². The summed E-state index contributed by atoms with van der Waals surface area (Å²) in [7, 11) is 0. The van der Waals surface area contributed by atoms with Gasteiger partial charge in [-0.1, -0.05) is 20.8 Å². The van der Waals surface area contributed by atoms with E-state index >= 15 is 0 Å². The van der Waals surface area contributed by atoms with Crippen molar-refractivity contribution in [2.24, 2.45) is 11.3 Å². The quantitative estimate of drug-likeness (QED) is 0.598. The number of hydrogen-bond donors (Lipinski definition) is 1. The van der Waals surface area contributed by atoms with Crippen LogP contribution >= 0.6 is 0 Å². The predicted octanol–water partition coefficient (Wildman–Crippen LogP) is 0.626. The second-order valence-corrected chi connectivity index (χ2v) is 5.44. The summed E-state index contributed by atoms with van der Waals surface area (Å²) in [5.74, 6) is 0.520. The van der Waals surface area contributed by atoms with E-state index in [1.165, 1.54) is 0 Å². The average Bonchev–Trinajstić information content (AvgIpc) is 2.47. The molecule has 1 heterocycles. The molecule has 2 fully saturated rings. The number of nitrogens with zero attached hydrogens (tertiary/aromatic N) is 1. The molecule has 1 N–H and O–H groups in total. The van der Waals surface area contributed by atoms with Crippen LogP contribution in [0.2, 0.25) is 0 Å². The normalized spacial score (nSPS) is 37.5. The summed E-state index contributed by atoms with van der Waals surface area (Å²) in [4.78, 5) is 13.6. The molecule has 3 heteroatoms. The van der Waals surface area contributed by atoms with Gasteiger partial charge in [-0.25, -0.2) is 0 Å². The van der Waals surface area contributed by atoms with Gasteiger partial charge >= 0.3 is 0 Å². The fraction of sp³-hybridized carbons (Fsp3) is 0.900. The number of carbonyl (C=O) groups excluding carboxylic acids is 1. The van der Waals surface area contributed by atoms with Crippen LogP contribution in [-0.2, 0) is 4.79 Å². The minimum absolute atomic E-state index is 0.160. The first-order valence-electron chi connectivity index (χ1n) is 4.85. The van der Waals surface area contributed by atoms with Crippen LogP contribution in [0, 0.1) is 11.3 Å². The van der Waals surface area contributed by atoms with E-state index in [2.05, 4.69) is 0 Å².